The zero-order valence-corrected chi connectivity index (χ0v) is 12.2. The van der Waals surface area contributed by atoms with E-state index in [-0.39, 0.29) is 11.4 Å². The number of nitrogens with one attached hydrogen (secondary N) is 1. The molecule has 4 rings (SSSR count). The van der Waals surface area contributed by atoms with Gasteiger partial charge in [-0.1, -0.05) is 18.2 Å². The molecule has 9 heteroatoms. The van der Waals surface area contributed by atoms with Crippen molar-refractivity contribution < 1.29 is 27.0 Å². The van der Waals surface area contributed by atoms with E-state index in [1.807, 2.05) is 0 Å². The second-order valence-electron chi connectivity index (χ2n) is 5.30. The van der Waals surface area contributed by atoms with Gasteiger partial charge < -0.3 is 14.5 Å². The van der Waals surface area contributed by atoms with Crippen LogP contribution in [0.3, 0.4) is 0 Å². The second kappa shape index (κ2) is 4.95. The number of rotatable bonds is 1. The minimum atomic E-state index is -4.87. The molecule has 5 nitrogen and oxygen atoms in total. The maximum Gasteiger partial charge on any atom is 0.507 e. The maximum atomic E-state index is 13.5. The maximum absolute atomic E-state index is 13.5. The summed E-state index contributed by atoms with van der Waals surface area (Å²) in [6.45, 7) is 0. The summed E-state index contributed by atoms with van der Waals surface area (Å²) in [6.07, 6.45) is -9.68. The molecule has 2 aromatic carbocycles. The van der Waals surface area contributed by atoms with Gasteiger partial charge in [-0.05, 0) is 24.3 Å². The fourth-order valence-electron chi connectivity index (χ4n) is 2.49. The van der Waals surface area contributed by atoms with Crippen LogP contribution in [-0.4, -0.2) is 22.2 Å². The van der Waals surface area contributed by atoms with Crippen LogP contribution in [0.2, 0.25) is 0 Å². The normalized spacial score (nSPS) is 17.4. The summed E-state index contributed by atoms with van der Waals surface area (Å²) >= 11 is 0. The van der Waals surface area contributed by atoms with Crippen LogP contribution in [0.1, 0.15) is 0 Å². The van der Waals surface area contributed by atoms with E-state index in [2.05, 4.69) is 19.4 Å². The van der Waals surface area contributed by atoms with Gasteiger partial charge in [0.05, 0.1) is 16.5 Å². The summed E-state index contributed by atoms with van der Waals surface area (Å²) in [5.74, 6) is -1.31. The summed E-state index contributed by atoms with van der Waals surface area (Å²) in [7, 11) is 0. The van der Waals surface area contributed by atoms with E-state index in [1.165, 1.54) is 12.1 Å². The highest BCUT2D eigenvalue weighted by Gasteiger charge is 2.66. The molecular formula is C16H8F4N2O3. The highest BCUT2D eigenvalue weighted by atomic mass is 19.3. The quantitative estimate of drug-likeness (QED) is 0.681. The van der Waals surface area contributed by atoms with Crippen LogP contribution >= 0.6 is 0 Å². The van der Waals surface area contributed by atoms with Crippen LogP contribution in [0.15, 0.2) is 47.3 Å². The van der Waals surface area contributed by atoms with Crippen molar-refractivity contribution in [3.05, 3.63) is 52.8 Å². The number of para-hydroxylation sites is 2. The lowest BCUT2D eigenvalue weighted by atomic mass is 10.1. The average molecular weight is 352 g/mol. The zero-order chi connectivity index (χ0) is 17.8. The number of halogens is 4. The summed E-state index contributed by atoms with van der Waals surface area (Å²) in [5, 5.41) is 0.296. The standard InChI is InChI=1S/C16H8F4N2O3/c17-15(18)16(19,20)25-12-9(5-3-7-11(12)24-15)13-21-10-6-2-1-4-8(10)14(23)22-13/h1-7H,(H,21,22,23). The van der Waals surface area contributed by atoms with Crippen LogP contribution in [-0.2, 0) is 0 Å². The van der Waals surface area contributed by atoms with Gasteiger partial charge in [-0.15, -0.1) is 0 Å². The Balaban J connectivity index is 1.93. The van der Waals surface area contributed by atoms with Crippen molar-refractivity contribution in [3.63, 3.8) is 0 Å². The van der Waals surface area contributed by atoms with E-state index in [0.717, 1.165) is 6.07 Å². The number of alkyl halides is 4. The summed E-state index contributed by atoms with van der Waals surface area (Å²) in [5.41, 5.74) is -0.296. The fraction of sp³-hybridized carbons (Fsp3) is 0.125. The van der Waals surface area contributed by atoms with E-state index in [0.29, 0.717) is 10.9 Å². The Hall–Kier alpha value is -3.10. The molecule has 3 aromatic rings. The first kappa shape index (κ1) is 15.4. The molecule has 0 spiro atoms. The predicted octanol–water partition coefficient (Wildman–Crippen LogP) is 3.55. The molecule has 0 fully saturated rings. The number of aromatic nitrogens is 2. The summed E-state index contributed by atoms with van der Waals surface area (Å²) in [6, 6.07) is 10.0. The Bertz CT molecular complexity index is 1050. The Kier molecular flexibility index (Phi) is 3.05. The lowest BCUT2D eigenvalue weighted by Crippen LogP contribution is -2.52. The Morgan fingerprint density at radius 3 is 2.44 bits per heavy atom. The zero-order valence-electron chi connectivity index (χ0n) is 12.2. The second-order valence-corrected chi connectivity index (χ2v) is 5.30. The van der Waals surface area contributed by atoms with Gasteiger partial charge in [0.15, 0.2) is 11.5 Å². The average Bonchev–Trinajstić information content (AvgIpc) is 2.55. The number of nitrogens with zero attached hydrogens (tertiary/aromatic N) is 1. The van der Waals surface area contributed by atoms with E-state index >= 15 is 0 Å². The van der Waals surface area contributed by atoms with E-state index < -0.39 is 29.3 Å². The monoisotopic (exact) mass is 352 g/mol. The van der Waals surface area contributed by atoms with Crippen molar-refractivity contribution in [2.75, 3.05) is 0 Å². The van der Waals surface area contributed by atoms with Gasteiger partial charge in [0.25, 0.3) is 5.56 Å². The molecule has 0 unspecified atom stereocenters. The molecule has 1 aliphatic heterocycles. The molecule has 128 valence electrons. The van der Waals surface area contributed by atoms with Gasteiger partial charge in [0, 0.05) is 0 Å². The topological polar surface area (TPSA) is 64.2 Å². The minimum absolute atomic E-state index is 0.101. The first-order chi connectivity index (χ1) is 11.8. The first-order valence-corrected chi connectivity index (χ1v) is 7.05. The lowest BCUT2D eigenvalue weighted by Gasteiger charge is -2.32. The van der Waals surface area contributed by atoms with Crippen LogP contribution < -0.4 is 15.0 Å². The van der Waals surface area contributed by atoms with Crippen LogP contribution in [0.4, 0.5) is 17.6 Å². The molecule has 1 N–H and O–H groups in total. The van der Waals surface area contributed by atoms with Crippen LogP contribution in [0, 0.1) is 0 Å². The molecule has 0 bridgehead atoms. The smallest absolute Gasteiger partial charge is 0.421 e. The molecule has 0 amide bonds. The molecule has 25 heavy (non-hydrogen) atoms. The van der Waals surface area contributed by atoms with Crippen molar-refractivity contribution in [1.29, 1.82) is 0 Å². The molecule has 2 heterocycles. The summed E-state index contributed by atoms with van der Waals surface area (Å²) in [4.78, 5) is 18.7. The molecule has 0 atom stereocenters. The Morgan fingerprint density at radius 1 is 0.920 bits per heavy atom. The van der Waals surface area contributed by atoms with E-state index in [1.54, 1.807) is 24.3 Å². The minimum Gasteiger partial charge on any atom is -0.421 e. The lowest BCUT2D eigenvalue weighted by molar-refractivity contribution is -0.391. The molecule has 1 aromatic heterocycles. The summed E-state index contributed by atoms with van der Waals surface area (Å²) < 4.78 is 61.9. The van der Waals surface area contributed by atoms with Crippen LogP contribution in [0.5, 0.6) is 11.5 Å². The van der Waals surface area contributed by atoms with Crippen LogP contribution in [0.25, 0.3) is 22.3 Å². The van der Waals surface area contributed by atoms with Gasteiger partial charge in [-0.25, -0.2) is 4.98 Å². The van der Waals surface area contributed by atoms with Crippen molar-refractivity contribution in [2.45, 2.75) is 12.2 Å². The number of ether oxygens (including phenoxy) is 2. The van der Waals surface area contributed by atoms with Gasteiger partial charge in [-0.3, -0.25) is 4.79 Å². The number of hydrogen-bond donors (Lipinski definition) is 1. The van der Waals surface area contributed by atoms with Crippen molar-refractivity contribution >= 4 is 10.9 Å². The number of H-pyrrole nitrogens is 1. The number of benzene rings is 2. The SMILES string of the molecule is O=c1[nH]c(-c2cccc3c2OC(F)(F)C(F)(F)O3)nc2ccccc12. The Morgan fingerprint density at radius 2 is 1.64 bits per heavy atom. The van der Waals surface area contributed by atoms with Gasteiger partial charge in [0.2, 0.25) is 0 Å². The van der Waals surface area contributed by atoms with Crippen molar-refractivity contribution in [3.8, 4) is 22.9 Å². The third-order valence-corrected chi connectivity index (χ3v) is 3.65. The number of aromatic amines is 1. The largest absolute Gasteiger partial charge is 0.507 e. The van der Waals surface area contributed by atoms with Gasteiger partial charge in [0.1, 0.15) is 5.82 Å². The third-order valence-electron chi connectivity index (χ3n) is 3.65. The fourth-order valence-corrected chi connectivity index (χ4v) is 2.49. The highest BCUT2D eigenvalue weighted by molar-refractivity contribution is 5.80. The highest BCUT2D eigenvalue weighted by Crippen LogP contribution is 2.50. The molecule has 0 saturated carbocycles. The third kappa shape index (κ3) is 2.31. The first-order valence-electron chi connectivity index (χ1n) is 7.05. The van der Waals surface area contributed by atoms with Gasteiger partial charge >= 0.3 is 12.2 Å². The Labute approximate surface area is 136 Å². The van der Waals surface area contributed by atoms with Crippen molar-refractivity contribution in [1.82, 2.24) is 9.97 Å². The molecule has 1 aliphatic rings. The number of hydrogen-bond acceptors (Lipinski definition) is 4. The van der Waals surface area contributed by atoms with Crippen molar-refractivity contribution in [2.24, 2.45) is 0 Å². The molecule has 0 saturated heterocycles. The van der Waals surface area contributed by atoms with E-state index in [9.17, 15) is 22.4 Å². The number of fused-ring (bicyclic) bond motifs is 2. The molecular weight excluding hydrogens is 344 g/mol. The molecule has 0 aliphatic carbocycles. The molecule has 0 radical (unpaired) electrons. The van der Waals surface area contributed by atoms with Gasteiger partial charge in [-0.2, -0.15) is 17.6 Å². The predicted molar refractivity (Wildman–Crippen MR) is 78.9 cm³/mol. The van der Waals surface area contributed by atoms with E-state index in [4.69, 9.17) is 0 Å².